The van der Waals surface area contributed by atoms with Crippen LogP contribution in [0.25, 0.3) is 11.3 Å². The van der Waals surface area contributed by atoms with Crippen LogP contribution in [0.2, 0.25) is 5.02 Å². The highest BCUT2D eigenvalue weighted by Crippen LogP contribution is 2.20. The molecule has 0 spiro atoms. The van der Waals surface area contributed by atoms with Gasteiger partial charge in [0.2, 0.25) is 5.91 Å². The summed E-state index contributed by atoms with van der Waals surface area (Å²) < 4.78 is 6.22. The van der Waals surface area contributed by atoms with Crippen molar-refractivity contribution in [3.63, 3.8) is 0 Å². The Kier molecular flexibility index (Phi) is 6.46. The van der Waals surface area contributed by atoms with E-state index in [-0.39, 0.29) is 29.9 Å². The maximum Gasteiger partial charge on any atom is 0.310 e. The minimum absolute atomic E-state index is 0.171. The van der Waals surface area contributed by atoms with Gasteiger partial charge in [0.1, 0.15) is 6.54 Å². The van der Waals surface area contributed by atoms with Crippen LogP contribution in [0.3, 0.4) is 0 Å². The summed E-state index contributed by atoms with van der Waals surface area (Å²) in [5.74, 6) is -0.834. The Bertz CT molecular complexity index is 910. The summed E-state index contributed by atoms with van der Waals surface area (Å²) in [4.78, 5) is 38.4. The topological polar surface area (TPSA) is 81.5 Å². The second kappa shape index (κ2) is 9.01. The third kappa shape index (κ3) is 4.78. The van der Waals surface area contributed by atoms with E-state index in [4.69, 9.17) is 16.3 Å². The number of hydrogen-bond donors (Lipinski definition) is 0. The third-order valence-corrected chi connectivity index (χ3v) is 4.94. The Morgan fingerprint density at radius 3 is 2.68 bits per heavy atom. The quantitative estimate of drug-likeness (QED) is 0.716. The summed E-state index contributed by atoms with van der Waals surface area (Å²) >= 11 is 5.91. The molecule has 1 amide bonds. The lowest BCUT2D eigenvalue weighted by molar-refractivity contribution is -0.151. The van der Waals surface area contributed by atoms with Crippen LogP contribution in [0.1, 0.15) is 19.8 Å². The van der Waals surface area contributed by atoms with Crippen LogP contribution >= 0.6 is 11.6 Å². The van der Waals surface area contributed by atoms with E-state index in [1.807, 2.05) is 0 Å². The first-order valence-corrected chi connectivity index (χ1v) is 9.64. The number of rotatable bonds is 5. The van der Waals surface area contributed by atoms with Gasteiger partial charge in [0.05, 0.1) is 18.2 Å². The molecular weight excluding hydrogens is 382 g/mol. The smallest absolute Gasteiger partial charge is 0.310 e. The third-order valence-electron chi connectivity index (χ3n) is 4.69. The van der Waals surface area contributed by atoms with Gasteiger partial charge in [-0.3, -0.25) is 14.4 Å². The molecule has 8 heteroatoms. The Balaban J connectivity index is 1.73. The fourth-order valence-corrected chi connectivity index (χ4v) is 3.35. The van der Waals surface area contributed by atoms with E-state index in [9.17, 15) is 14.4 Å². The van der Waals surface area contributed by atoms with Crippen molar-refractivity contribution in [3.05, 3.63) is 51.8 Å². The number of halogens is 1. The van der Waals surface area contributed by atoms with Crippen molar-refractivity contribution in [1.29, 1.82) is 0 Å². The zero-order valence-corrected chi connectivity index (χ0v) is 16.4. The van der Waals surface area contributed by atoms with E-state index in [1.165, 1.54) is 6.07 Å². The molecular formula is C20H22ClN3O4. The summed E-state index contributed by atoms with van der Waals surface area (Å²) in [6, 6.07) is 10.1. The van der Waals surface area contributed by atoms with Crippen molar-refractivity contribution in [1.82, 2.24) is 14.7 Å². The summed E-state index contributed by atoms with van der Waals surface area (Å²) in [6.07, 6.45) is 1.43. The van der Waals surface area contributed by atoms with Crippen LogP contribution in [0.4, 0.5) is 0 Å². The van der Waals surface area contributed by atoms with E-state index in [0.717, 1.165) is 16.7 Å². The van der Waals surface area contributed by atoms with Crippen LogP contribution in [-0.4, -0.2) is 46.3 Å². The van der Waals surface area contributed by atoms with Gasteiger partial charge in [-0.25, -0.2) is 4.68 Å². The number of amides is 1. The lowest BCUT2D eigenvalue weighted by Crippen LogP contribution is -2.45. The fraction of sp³-hybridized carbons (Fsp3) is 0.400. The van der Waals surface area contributed by atoms with Gasteiger partial charge < -0.3 is 9.64 Å². The largest absolute Gasteiger partial charge is 0.466 e. The molecule has 1 aromatic heterocycles. The lowest BCUT2D eigenvalue weighted by Gasteiger charge is -2.31. The van der Waals surface area contributed by atoms with Crippen LogP contribution in [0.15, 0.2) is 41.2 Å². The maximum absolute atomic E-state index is 12.7. The highest BCUT2D eigenvalue weighted by atomic mass is 35.5. The van der Waals surface area contributed by atoms with E-state index in [2.05, 4.69) is 5.10 Å². The number of likely N-dealkylation sites (tertiary alicyclic amines) is 1. The summed E-state index contributed by atoms with van der Waals surface area (Å²) in [5, 5.41) is 4.92. The minimum Gasteiger partial charge on any atom is -0.466 e. The van der Waals surface area contributed by atoms with Gasteiger partial charge in [-0.2, -0.15) is 5.10 Å². The molecule has 0 N–H and O–H groups in total. The van der Waals surface area contributed by atoms with E-state index in [1.54, 1.807) is 42.2 Å². The number of hydrogen-bond acceptors (Lipinski definition) is 5. The van der Waals surface area contributed by atoms with Crippen molar-refractivity contribution >= 4 is 23.5 Å². The number of carbonyl (C=O) groups is 2. The predicted molar refractivity (Wildman–Crippen MR) is 105 cm³/mol. The molecule has 0 radical (unpaired) electrons. The van der Waals surface area contributed by atoms with Crippen LogP contribution in [0.5, 0.6) is 0 Å². The van der Waals surface area contributed by atoms with Gasteiger partial charge in [0.25, 0.3) is 5.56 Å². The van der Waals surface area contributed by atoms with Crippen LogP contribution < -0.4 is 5.56 Å². The van der Waals surface area contributed by atoms with Crippen molar-refractivity contribution in [2.45, 2.75) is 26.3 Å². The fourth-order valence-electron chi connectivity index (χ4n) is 3.22. The van der Waals surface area contributed by atoms with Crippen molar-refractivity contribution in [2.75, 3.05) is 19.7 Å². The normalized spacial score (nSPS) is 16.6. The van der Waals surface area contributed by atoms with Gasteiger partial charge in [0.15, 0.2) is 0 Å². The number of esters is 1. The molecule has 1 aromatic carbocycles. The molecule has 1 aliphatic rings. The highest BCUT2D eigenvalue weighted by molar-refractivity contribution is 6.30. The average molecular weight is 404 g/mol. The first-order valence-electron chi connectivity index (χ1n) is 9.26. The zero-order valence-electron chi connectivity index (χ0n) is 15.6. The molecule has 28 heavy (non-hydrogen) atoms. The van der Waals surface area contributed by atoms with Crippen LogP contribution in [-0.2, 0) is 20.9 Å². The second-order valence-corrected chi connectivity index (χ2v) is 7.09. The van der Waals surface area contributed by atoms with E-state index in [0.29, 0.717) is 36.8 Å². The molecule has 0 saturated carbocycles. The Morgan fingerprint density at radius 1 is 1.21 bits per heavy atom. The van der Waals surface area contributed by atoms with Gasteiger partial charge in [-0.15, -0.1) is 0 Å². The number of nitrogens with zero attached hydrogens (tertiary/aromatic N) is 3. The Morgan fingerprint density at radius 2 is 1.96 bits per heavy atom. The molecule has 1 fully saturated rings. The zero-order chi connectivity index (χ0) is 20.1. The van der Waals surface area contributed by atoms with Gasteiger partial charge in [0, 0.05) is 29.7 Å². The molecule has 1 aliphatic heterocycles. The predicted octanol–water partition coefficient (Wildman–Crippen LogP) is 2.37. The molecule has 1 unspecified atom stereocenters. The van der Waals surface area contributed by atoms with Crippen LogP contribution in [0, 0.1) is 5.92 Å². The average Bonchev–Trinajstić information content (AvgIpc) is 2.70. The molecule has 3 rings (SSSR count). The Hall–Kier alpha value is -2.67. The maximum atomic E-state index is 12.7. The molecule has 2 heterocycles. The van der Waals surface area contributed by atoms with Crippen molar-refractivity contribution in [2.24, 2.45) is 5.92 Å². The number of piperidine rings is 1. The number of benzene rings is 1. The first kappa shape index (κ1) is 20.1. The standard InChI is InChI=1S/C20H22ClN3O4/c1-2-28-20(27)15-4-3-11-23(12-15)19(26)13-24-18(25)10-9-17(22-24)14-5-7-16(21)8-6-14/h5-10,15H,2-4,11-13H2,1H3. The molecule has 2 aromatic rings. The second-order valence-electron chi connectivity index (χ2n) is 6.65. The number of carbonyl (C=O) groups excluding carboxylic acids is 2. The van der Waals surface area contributed by atoms with Crippen molar-refractivity contribution < 1.29 is 14.3 Å². The van der Waals surface area contributed by atoms with Gasteiger partial charge in [-0.1, -0.05) is 23.7 Å². The summed E-state index contributed by atoms with van der Waals surface area (Å²) in [7, 11) is 0. The summed E-state index contributed by atoms with van der Waals surface area (Å²) in [5.41, 5.74) is 1.02. The molecule has 1 atom stereocenters. The highest BCUT2D eigenvalue weighted by Gasteiger charge is 2.29. The van der Waals surface area contributed by atoms with Crippen molar-refractivity contribution in [3.8, 4) is 11.3 Å². The molecule has 148 valence electrons. The number of aromatic nitrogens is 2. The van der Waals surface area contributed by atoms with E-state index < -0.39 is 0 Å². The monoisotopic (exact) mass is 403 g/mol. The molecule has 0 bridgehead atoms. The molecule has 1 saturated heterocycles. The Labute approximate surface area is 167 Å². The molecule has 7 nitrogen and oxygen atoms in total. The lowest BCUT2D eigenvalue weighted by atomic mass is 9.98. The minimum atomic E-state index is -0.356. The van der Waals surface area contributed by atoms with Gasteiger partial charge in [-0.05, 0) is 38.0 Å². The summed E-state index contributed by atoms with van der Waals surface area (Å²) in [6.45, 7) is 2.77. The van der Waals surface area contributed by atoms with Gasteiger partial charge >= 0.3 is 5.97 Å². The SMILES string of the molecule is CCOC(=O)C1CCCN(C(=O)Cn2nc(-c3ccc(Cl)cc3)ccc2=O)C1. The first-order chi connectivity index (χ1) is 13.5. The molecule has 0 aliphatic carbocycles. The number of ether oxygens (including phenoxy) is 1. The van der Waals surface area contributed by atoms with E-state index >= 15 is 0 Å².